The Balaban J connectivity index is 1.99. The number of nitrogens with zero attached hydrogens (tertiary/aromatic N) is 1. The second kappa shape index (κ2) is 5.11. The average molecular weight is 306 g/mol. The summed E-state index contributed by atoms with van der Waals surface area (Å²) in [5.41, 5.74) is -0.0592. The second-order valence-corrected chi connectivity index (χ2v) is 5.42. The fraction of sp³-hybridized carbons (Fsp3) is 0. The lowest BCUT2D eigenvalue weighted by Gasteiger charge is -2.08. The van der Waals surface area contributed by atoms with Gasteiger partial charge in [-0.05, 0) is 29.6 Å². The summed E-state index contributed by atoms with van der Waals surface area (Å²) < 4.78 is 6.88. The van der Waals surface area contributed by atoms with Crippen molar-refractivity contribution < 1.29 is 9.66 Å². The van der Waals surface area contributed by atoms with Crippen molar-refractivity contribution in [3.63, 3.8) is 0 Å². The maximum atomic E-state index is 10.7. The van der Waals surface area contributed by atoms with Crippen LogP contribution in [0.3, 0.4) is 0 Å². The van der Waals surface area contributed by atoms with E-state index in [9.17, 15) is 10.1 Å². The smallest absolute Gasteiger partial charge is 0.271 e. The van der Waals surface area contributed by atoms with E-state index in [4.69, 9.17) is 16.3 Å². The monoisotopic (exact) mass is 305 g/mol. The quantitative estimate of drug-likeness (QED) is 0.490. The number of halogens is 1. The molecule has 0 amide bonds. The van der Waals surface area contributed by atoms with Gasteiger partial charge >= 0.3 is 0 Å². The summed E-state index contributed by atoms with van der Waals surface area (Å²) in [5, 5.41) is 13.9. The van der Waals surface area contributed by atoms with E-state index in [-0.39, 0.29) is 10.7 Å². The second-order valence-electron chi connectivity index (χ2n) is 4.06. The van der Waals surface area contributed by atoms with Crippen LogP contribution in [0.25, 0.3) is 10.1 Å². The molecule has 4 nitrogen and oxygen atoms in total. The summed E-state index contributed by atoms with van der Waals surface area (Å²) >= 11 is 7.64. The van der Waals surface area contributed by atoms with Gasteiger partial charge in [0, 0.05) is 22.2 Å². The largest absolute Gasteiger partial charge is 0.455 e. The first-order chi connectivity index (χ1) is 9.65. The molecule has 0 fully saturated rings. The lowest BCUT2D eigenvalue weighted by Crippen LogP contribution is -1.90. The molecule has 0 saturated carbocycles. The van der Waals surface area contributed by atoms with E-state index in [1.54, 1.807) is 11.3 Å². The van der Waals surface area contributed by atoms with E-state index in [0.29, 0.717) is 11.5 Å². The number of fused-ring (bicyclic) bond motifs is 1. The highest BCUT2D eigenvalue weighted by Crippen LogP contribution is 2.36. The Kier molecular flexibility index (Phi) is 3.30. The minimum Gasteiger partial charge on any atom is -0.455 e. The minimum absolute atomic E-state index is 0.0592. The molecule has 0 N–H and O–H groups in total. The van der Waals surface area contributed by atoms with E-state index < -0.39 is 4.92 Å². The van der Waals surface area contributed by atoms with Gasteiger partial charge in [0.2, 0.25) is 0 Å². The first-order valence-corrected chi connectivity index (χ1v) is 6.99. The third-order valence-corrected chi connectivity index (χ3v) is 3.98. The highest BCUT2D eigenvalue weighted by Gasteiger charge is 2.12. The molecule has 0 spiro atoms. The van der Waals surface area contributed by atoms with Crippen LogP contribution in [0.4, 0.5) is 5.69 Å². The fourth-order valence-electron chi connectivity index (χ4n) is 1.86. The van der Waals surface area contributed by atoms with Crippen LogP contribution in [0.1, 0.15) is 0 Å². The van der Waals surface area contributed by atoms with Crippen LogP contribution in [-0.4, -0.2) is 4.92 Å². The van der Waals surface area contributed by atoms with Gasteiger partial charge in [-0.2, -0.15) is 0 Å². The van der Waals surface area contributed by atoms with Crippen LogP contribution in [0, 0.1) is 10.1 Å². The molecule has 0 saturated heterocycles. The number of thiophene rings is 1. The number of rotatable bonds is 3. The van der Waals surface area contributed by atoms with Gasteiger partial charge < -0.3 is 4.74 Å². The first kappa shape index (κ1) is 12.9. The standard InChI is InChI=1S/C14H8ClNO3S/c15-11-8-9(16(17)18)4-5-13(11)19-12-2-1-3-14-10(12)6-7-20-14/h1-8H. The highest BCUT2D eigenvalue weighted by atomic mass is 35.5. The van der Waals surface area contributed by atoms with E-state index >= 15 is 0 Å². The normalized spacial score (nSPS) is 10.7. The summed E-state index contributed by atoms with van der Waals surface area (Å²) in [6.07, 6.45) is 0. The molecule has 1 heterocycles. The first-order valence-electron chi connectivity index (χ1n) is 5.73. The average Bonchev–Trinajstić information content (AvgIpc) is 2.90. The van der Waals surface area contributed by atoms with E-state index in [2.05, 4.69) is 0 Å². The molecule has 20 heavy (non-hydrogen) atoms. The van der Waals surface area contributed by atoms with Crippen LogP contribution in [0.2, 0.25) is 5.02 Å². The van der Waals surface area contributed by atoms with Crippen LogP contribution in [0.15, 0.2) is 47.8 Å². The third-order valence-electron chi connectivity index (χ3n) is 2.80. The molecular formula is C14H8ClNO3S. The molecule has 0 aliphatic rings. The van der Waals surface area contributed by atoms with Gasteiger partial charge in [-0.25, -0.2) is 0 Å². The van der Waals surface area contributed by atoms with Crippen molar-refractivity contribution in [2.75, 3.05) is 0 Å². The Labute approximate surface area is 123 Å². The zero-order valence-electron chi connectivity index (χ0n) is 10.1. The summed E-state index contributed by atoms with van der Waals surface area (Å²) in [4.78, 5) is 10.2. The van der Waals surface area contributed by atoms with Crippen molar-refractivity contribution in [3.05, 3.63) is 63.0 Å². The van der Waals surface area contributed by atoms with E-state index in [1.807, 2.05) is 29.6 Å². The summed E-state index contributed by atoms with van der Waals surface area (Å²) in [7, 11) is 0. The maximum Gasteiger partial charge on any atom is 0.271 e. The van der Waals surface area contributed by atoms with Crippen molar-refractivity contribution in [1.29, 1.82) is 0 Å². The summed E-state index contributed by atoms with van der Waals surface area (Å²) in [6.45, 7) is 0. The van der Waals surface area contributed by atoms with Crippen LogP contribution >= 0.6 is 22.9 Å². The van der Waals surface area contributed by atoms with Crippen molar-refractivity contribution >= 4 is 38.7 Å². The maximum absolute atomic E-state index is 10.7. The lowest BCUT2D eigenvalue weighted by molar-refractivity contribution is -0.384. The van der Waals surface area contributed by atoms with Crippen molar-refractivity contribution in [1.82, 2.24) is 0 Å². The van der Waals surface area contributed by atoms with Gasteiger partial charge in [-0.15, -0.1) is 11.3 Å². The van der Waals surface area contributed by atoms with Gasteiger partial charge in [0.25, 0.3) is 5.69 Å². The molecule has 3 rings (SSSR count). The lowest BCUT2D eigenvalue weighted by atomic mass is 10.2. The molecule has 0 aliphatic heterocycles. The molecule has 1 aromatic heterocycles. The SMILES string of the molecule is O=[N+]([O-])c1ccc(Oc2cccc3sccc23)c(Cl)c1. The van der Waals surface area contributed by atoms with Crippen molar-refractivity contribution in [2.24, 2.45) is 0 Å². The Bertz CT molecular complexity index is 800. The molecule has 0 radical (unpaired) electrons. The molecule has 6 heteroatoms. The predicted octanol–water partition coefficient (Wildman–Crippen LogP) is 5.26. The van der Waals surface area contributed by atoms with E-state index in [1.165, 1.54) is 18.2 Å². The number of benzene rings is 2. The molecule has 0 atom stereocenters. The number of hydrogen-bond acceptors (Lipinski definition) is 4. The predicted molar refractivity (Wildman–Crippen MR) is 80.0 cm³/mol. The number of nitro groups is 1. The van der Waals surface area contributed by atoms with Crippen molar-refractivity contribution in [3.8, 4) is 11.5 Å². The Morgan fingerprint density at radius 3 is 2.75 bits per heavy atom. The molecule has 100 valence electrons. The molecule has 3 aromatic rings. The van der Waals surface area contributed by atoms with Crippen LogP contribution in [0.5, 0.6) is 11.5 Å². The topological polar surface area (TPSA) is 52.4 Å². The summed E-state index contributed by atoms with van der Waals surface area (Å²) in [6, 6.07) is 11.9. The van der Waals surface area contributed by atoms with Gasteiger partial charge in [0.1, 0.15) is 11.5 Å². The zero-order chi connectivity index (χ0) is 14.1. The van der Waals surface area contributed by atoms with Gasteiger partial charge in [-0.3, -0.25) is 10.1 Å². The third kappa shape index (κ3) is 2.33. The molecule has 0 bridgehead atoms. The molecule has 2 aromatic carbocycles. The van der Waals surface area contributed by atoms with Crippen LogP contribution < -0.4 is 4.74 Å². The zero-order valence-corrected chi connectivity index (χ0v) is 11.6. The van der Waals surface area contributed by atoms with Gasteiger partial charge in [-0.1, -0.05) is 17.7 Å². The van der Waals surface area contributed by atoms with Gasteiger partial charge in [0.15, 0.2) is 0 Å². The molecule has 0 aliphatic carbocycles. The number of hydrogen-bond donors (Lipinski definition) is 0. The van der Waals surface area contributed by atoms with Crippen molar-refractivity contribution in [2.45, 2.75) is 0 Å². The van der Waals surface area contributed by atoms with E-state index in [0.717, 1.165) is 10.1 Å². The highest BCUT2D eigenvalue weighted by molar-refractivity contribution is 7.17. The Morgan fingerprint density at radius 2 is 2.00 bits per heavy atom. The minimum atomic E-state index is -0.491. The number of non-ortho nitro benzene ring substituents is 1. The number of nitro benzene ring substituents is 1. The number of ether oxygens (including phenoxy) is 1. The Hall–Kier alpha value is -2.11. The fourth-order valence-corrected chi connectivity index (χ4v) is 2.88. The Morgan fingerprint density at radius 1 is 1.15 bits per heavy atom. The molecule has 0 unspecified atom stereocenters. The van der Waals surface area contributed by atoms with Crippen LogP contribution in [-0.2, 0) is 0 Å². The van der Waals surface area contributed by atoms with Gasteiger partial charge in [0.05, 0.1) is 9.95 Å². The molecular weight excluding hydrogens is 298 g/mol. The summed E-state index contributed by atoms with van der Waals surface area (Å²) in [5.74, 6) is 1.08.